The van der Waals surface area contributed by atoms with E-state index < -0.39 is 6.29 Å². The number of anilines is 1. The number of ether oxygens (including phenoxy) is 2. The highest BCUT2D eigenvalue weighted by Crippen LogP contribution is 2.43. The van der Waals surface area contributed by atoms with Gasteiger partial charge < -0.3 is 14.8 Å². The lowest BCUT2D eigenvalue weighted by atomic mass is 9.79. The average Bonchev–Trinajstić information content (AvgIpc) is 2.98. The van der Waals surface area contributed by atoms with E-state index in [2.05, 4.69) is 31.6 Å². The van der Waals surface area contributed by atoms with Gasteiger partial charge in [-0.05, 0) is 68.6 Å². The quantitative estimate of drug-likeness (QED) is 0.882. The van der Waals surface area contributed by atoms with Crippen molar-refractivity contribution in [2.75, 3.05) is 18.4 Å². The standard InChI is InChI=1S/C20H21F2N3O2/c1-12-19(13-6-8-25(12)9-7-13)24-18-5-3-15(11-23-18)14-2-4-16-17(10-14)27-20(21,22)26-16/h2-5,10-13,19H,6-9H2,1H3,(H,23,24)/t12-,19+/m1/s1. The molecule has 2 bridgehead atoms. The lowest BCUT2D eigenvalue weighted by Crippen LogP contribution is -2.59. The number of hydrogen-bond donors (Lipinski definition) is 1. The molecule has 142 valence electrons. The third kappa shape index (κ3) is 3.00. The highest BCUT2D eigenvalue weighted by atomic mass is 19.3. The maximum absolute atomic E-state index is 13.2. The lowest BCUT2D eigenvalue weighted by molar-refractivity contribution is -0.286. The van der Waals surface area contributed by atoms with E-state index in [0.717, 1.165) is 16.9 Å². The van der Waals surface area contributed by atoms with Crippen molar-refractivity contribution >= 4 is 5.82 Å². The number of fused-ring (bicyclic) bond motifs is 4. The van der Waals surface area contributed by atoms with E-state index in [1.165, 1.54) is 32.0 Å². The Morgan fingerprint density at radius 2 is 1.81 bits per heavy atom. The van der Waals surface area contributed by atoms with Crippen LogP contribution in [-0.2, 0) is 0 Å². The zero-order valence-corrected chi connectivity index (χ0v) is 15.0. The zero-order valence-electron chi connectivity index (χ0n) is 15.0. The molecule has 5 nitrogen and oxygen atoms in total. The van der Waals surface area contributed by atoms with Crippen molar-refractivity contribution in [3.05, 3.63) is 36.5 Å². The van der Waals surface area contributed by atoms with Crippen LogP contribution in [0.25, 0.3) is 11.1 Å². The Bertz CT molecular complexity index is 849. The molecule has 1 aromatic carbocycles. The highest BCUT2D eigenvalue weighted by Gasteiger charge is 2.43. The van der Waals surface area contributed by atoms with Crippen molar-refractivity contribution in [2.45, 2.75) is 38.1 Å². The van der Waals surface area contributed by atoms with E-state index in [1.807, 2.05) is 12.1 Å². The summed E-state index contributed by atoms with van der Waals surface area (Å²) in [5.74, 6) is 1.63. The van der Waals surface area contributed by atoms with E-state index in [9.17, 15) is 8.78 Å². The number of rotatable bonds is 3. The van der Waals surface area contributed by atoms with Crippen molar-refractivity contribution in [1.29, 1.82) is 0 Å². The maximum Gasteiger partial charge on any atom is 0.586 e. The summed E-state index contributed by atoms with van der Waals surface area (Å²) in [6.07, 6.45) is 0.632. The van der Waals surface area contributed by atoms with Crippen LogP contribution in [0.3, 0.4) is 0 Å². The predicted octanol–water partition coefficient (Wildman–Crippen LogP) is 3.96. The summed E-state index contributed by atoms with van der Waals surface area (Å²) in [5, 5.41) is 3.60. The second kappa shape index (κ2) is 6.05. The van der Waals surface area contributed by atoms with Crippen LogP contribution in [0.1, 0.15) is 19.8 Å². The second-order valence-electron chi connectivity index (χ2n) is 7.55. The Morgan fingerprint density at radius 3 is 2.52 bits per heavy atom. The number of hydrogen-bond acceptors (Lipinski definition) is 5. The van der Waals surface area contributed by atoms with E-state index in [4.69, 9.17) is 0 Å². The molecule has 2 aromatic rings. The van der Waals surface area contributed by atoms with Crippen LogP contribution in [0.4, 0.5) is 14.6 Å². The third-order valence-electron chi connectivity index (χ3n) is 5.99. The van der Waals surface area contributed by atoms with Crippen molar-refractivity contribution in [3.63, 3.8) is 0 Å². The fourth-order valence-electron chi connectivity index (χ4n) is 4.49. The number of nitrogens with one attached hydrogen (secondary N) is 1. The average molecular weight is 373 g/mol. The summed E-state index contributed by atoms with van der Waals surface area (Å²) in [6.45, 7) is 4.67. The van der Waals surface area contributed by atoms with Gasteiger partial charge in [0.05, 0.1) is 0 Å². The number of nitrogens with zero attached hydrogens (tertiary/aromatic N) is 2. The molecule has 0 radical (unpaired) electrons. The topological polar surface area (TPSA) is 46.6 Å². The normalized spacial score (nSPS) is 30.3. The Balaban J connectivity index is 1.33. The van der Waals surface area contributed by atoms with Crippen LogP contribution < -0.4 is 14.8 Å². The molecule has 5 heterocycles. The zero-order chi connectivity index (χ0) is 18.6. The summed E-state index contributed by atoms with van der Waals surface area (Å²) in [4.78, 5) is 7.08. The monoisotopic (exact) mass is 373 g/mol. The largest absolute Gasteiger partial charge is 0.586 e. The van der Waals surface area contributed by atoms with Gasteiger partial charge in [0, 0.05) is 23.8 Å². The summed E-state index contributed by atoms with van der Waals surface area (Å²) < 4.78 is 35.3. The van der Waals surface area contributed by atoms with Gasteiger partial charge in [0.15, 0.2) is 11.5 Å². The SMILES string of the molecule is C[C@@H]1[C@H](Nc2ccc(-c3ccc4c(c3)OC(F)(F)O4)cn2)C2CCN1CC2. The van der Waals surface area contributed by atoms with Gasteiger partial charge >= 0.3 is 6.29 Å². The molecule has 1 aromatic heterocycles. The first kappa shape index (κ1) is 16.7. The first-order valence-electron chi connectivity index (χ1n) is 9.35. The first-order chi connectivity index (χ1) is 13.0. The molecule has 4 aliphatic heterocycles. The Morgan fingerprint density at radius 1 is 1.07 bits per heavy atom. The molecule has 0 aliphatic carbocycles. The molecule has 6 rings (SSSR count). The summed E-state index contributed by atoms with van der Waals surface area (Å²) in [7, 11) is 0. The molecule has 0 saturated carbocycles. The van der Waals surface area contributed by atoms with Gasteiger partial charge in [-0.3, -0.25) is 4.90 Å². The molecule has 1 N–H and O–H groups in total. The molecule has 27 heavy (non-hydrogen) atoms. The third-order valence-corrected chi connectivity index (χ3v) is 5.99. The van der Waals surface area contributed by atoms with Crippen LogP contribution in [-0.4, -0.2) is 41.4 Å². The van der Waals surface area contributed by atoms with E-state index in [0.29, 0.717) is 18.0 Å². The lowest BCUT2D eigenvalue weighted by Gasteiger charge is -2.50. The predicted molar refractivity (Wildman–Crippen MR) is 97.0 cm³/mol. The van der Waals surface area contributed by atoms with Gasteiger partial charge in [0.25, 0.3) is 0 Å². The fraction of sp³-hybridized carbons (Fsp3) is 0.450. The summed E-state index contributed by atoms with van der Waals surface area (Å²) >= 11 is 0. The van der Waals surface area contributed by atoms with Crippen LogP contribution in [0.15, 0.2) is 36.5 Å². The molecular formula is C20H21F2N3O2. The van der Waals surface area contributed by atoms with Crippen molar-refractivity contribution in [1.82, 2.24) is 9.88 Å². The van der Waals surface area contributed by atoms with Crippen molar-refractivity contribution < 1.29 is 18.3 Å². The minimum atomic E-state index is -3.60. The van der Waals surface area contributed by atoms with Gasteiger partial charge in [-0.25, -0.2) is 4.98 Å². The molecule has 2 atom stereocenters. The van der Waals surface area contributed by atoms with Crippen molar-refractivity contribution in [3.8, 4) is 22.6 Å². The first-order valence-corrected chi connectivity index (χ1v) is 9.35. The highest BCUT2D eigenvalue weighted by molar-refractivity contribution is 5.67. The molecule has 4 aliphatic rings. The fourth-order valence-corrected chi connectivity index (χ4v) is 4.49. The number of halogens is 2. The molecule has 7 heteroatoms. The molecule has 3 fully saturated rings. The number of pyridine rings is 1. The Labute approximate surface area is 156 Å². The van der Waals surface area contributed by atoms with E-state index >= 15 is 0 Å². The second-order valence-corrected chi connectivity index (χ2v) is 7.55. The van der Waals surface area contributed by atoms with Crippen LogP contribution in [0.2, 0.25) is 0 Å². The number of benzene rings is 1. The molecule has 0 unspecified atom stereocenters. The summed E-state index contributed by atoms with van der Waals surface area (Å²) in [5.41, 5.74) is 1.59. The molecule has 0 spiro atoms. The molecule has 0 amide bonds. The van der Waals surface area contributed by atoms with Crippen LogP contribution in [0.5, 0.6) is 11.5 Å². The minimum Gasteiger partial charge on any atom is -0.395 e. The van der Waals surface area contributed by atoms with Gasteiger partial charge in [-0.1, -0.05) is 6.07 Å². The molecular weight excluding hydrogens is 352 g/mol. The smallest absolute Gasteiger partial charge is 0.395 e. The number of alkyl halides is 2. The number of piperidine rings is 3. The van der Waals surface area contributed by atoms with Crippen molar-refractivity contribution in [2.24, 2.45) is 5.92 Å². The number of aromatic nitrogens is 1. The van der Waals surface area contributed by atoms with Gasteiger partial charge in [0.1, 0.15) is 5.82 Å². The van der Waals surface area contributed by atoms with Gasteiger partial charge in [-0.2, -0.15) is 0 Å². The maximum atomic E-state index is 13.2. The van der Waals surface area contributed by atoms with E-state index in [1.54, 1.807) is 18.3 Å². The minimum absolute atomic E-state index is 0.0424. The Hall–Kier alpha value is -2.41. The molecule has 3 saturated heterocycles. The van der Waals surface area contributed by atoms with Crippen LogP contribution in [0, 0.1) is 5.92 Å². The van der Waals surface area contributed by atoms with Gasteiger partial charge in [0.2, 0.25) is 0 Å². The van der Waals surface area contributed by atoms with Gasteiger partial charge in [-0.15, -0.1) is 8.78 Å². The van der Waals surface area contributed by atoms with Crippen LogP contribution >= 0.6 is 0 Å². The Kier molecular flexibility index (Phi) is 3.75. The van der Waals surface area contributed by atoms with E-state index in [-0.39, 0.29) is 11.5 Å². The summed E-state index contributed by atoms with van der Waals surface area (Å²) in [6, 6.07) is 9.58.